The minimum absolute atomic E-state index is 0.00149. The summed E-state index contributed by atoms with van der Waals surface area (Å²) < 4.78 is 23.9. The van der Waals surface area contributed by atoms with Crippen LogP contribution in [0.1, 0.15) is 26.3 Å². The SMILES string of the molecule is COc1cccc(F)c1/C=C(\CNC(=O)OC(C)(C)C)C(=O)O. The minimum atomic E-state index is -1.29. The van der Waals surface area contributed by atoms with Crippen LogP contribution in [0.15, 0.2) is 23.8 Å². The Bertz CT molecular complexity index is 619. The summed E-state index contributed by atoms with van der Waals surface area (Å²) in [5.74, 6) is -1.72. The second-order valence-electron chi connectivity index (χ2n) is 5.69. The van der Waals surface area contributed by atoms with Crippen molar-refractivity contribution in [3.8, 4) is 5.75 Å². The van der Waals surface area contributed by atoms with Crippen LogP contribution in [0.5, 0.6) is 5.75 Å². The van der Waals surface area contributed by atoms with Gasteiger partial charge in [-0.25, -0.2) is 14.0 Å². The molecule has 0 bridgehead atoms. The summed E-state index contributed by atoms with van der Waals surface area (Å²) in [7, 11) is 1.35. The van der Waals surface area contributed by atoms with Gasteiger partial charge in [-0.2, -0.15) is 0 Å². The molecule has 0 saturated heterocycles. The van der Waals surface area contributed by atoms with Crippen LogP contribution >= 0.6 is 0 Å². The molecule has 0 atom stereocenters. The summed E-state index contributed by atoms with van der Waals surface area (Å²) in [6.45, 7) is 4.74. The van der Waals surface area contributed by atoms with Gasteiger partial charge in [0, 0.05) is 0 Å². The lowest BCUT2D eigenvalue weighted by Gasteiger charge is -2.19. The van der Waals surface area contributed by atoms with Crippen LogP contribution in [0, 0.1) is 5.82 Å². The number of carboxylic acids is 1. The van der Waals surface area contributed by atoms with E-state index in [2.05, 4.69) is 5.32 Å². The van der Waals surface area contributed by atoms with Gasteiger partial charge in [0.15, 0.2) is 0 Å². The number of ether oxygens (including phenoxy) is 2. The number of alkyl carbamates (subject to hydrolysis) is 1. The van der Waals surface area contributed by atoms with Gasteiger partial charge in [-0.05, 0) is 39.0 Å². The molecule has 0 aliphatic rings. The molecular weight excluding hydrogens is 305 g/mol. The first-order chi connectivity index (χ1) is 10.6. The zero-order valence-electron chi connectivity index (χ0n) is 13.5. The molecule has 0 aromatic heterocycles. The predicted octanol–water partition coefficient (Wildman–Crippen LogP) is 2.83. The first kappa shape index (κ1) is 18.5. The molecule has 7 heteroatoms. The van der Waals surface area contributed by atoms with Crippen molar-refractivity contribution in [3.63, 3.8) is 0 Å². The molecule has 1 aromatic rings. The molecule has 0 aliphatic heterocycles. The van der Waals surface area contributed by atoms with Gasteiger partial charge in [-0.3, -0.25) is 0 Å². The molecule has 0 unspecified atom stereocenters. The lowest BCUT2D eigenvalue weighted by atomic mass is 10.1. The van der Waals surface area contributed by atoms with E-state index in [0.29, 0.717) is 0 Å². The molecule has 23 heavy (non-hydrogen) atoms. The summed E-state index contributed by atoms with van der Waals surface area (Å²) in [5.41, 5.74) is -0.913. The first-order valence-electron chi connectivity index (χ1n) is 6.87. The number of aliphatic carboxylic acids is 1. The van der Waals surface area contributed by atoms with E-state index in [1.165, 1.54) is 25.3 Å². The number of carbonyl (C=O) groups excluding carboxylic acids is 1. The number of halogens is 1. The molecule has 1 amide bonds. The van der Waals surface area contributed by atoms with Crippen LogP contribution < -0.4 is 10.1 Å². The molecule has 0 radical (unpaired) electrons. The molecule has 6 nitrogen and oxygen atoms in total. The van der Waals surface area contributed by atoms with E-state index in [1.807, 2.05) is 0 Å². The molecule has 0 spiro atoms. The second kappa shape index (κ2) is 7.62. The fraction of sp³-hybridized carbons (Fsp3) is 0.375. The van der Waals surface area contributed by atoms with Crippen LogP contribution in [0.3, 0.4) is 0 Å². The van der Waals surface area contributed by atoms with E-state index in [-0.39, 0.29) is 23.4 Å². The maximum Gasteiger partial charge on any atom is 0.407 e. The number of hydrogen-bond donors (Lipinski definition) is 2. The van der Waals surface area contributed by atoms with Gasteiger partial charge in [0.1, 0.15) is 17.2 Å². The van der Waals surface area contributed by atoms with Crippen LogP contribution in [0.25, 0.3) is 6.08 Å². The number of amides is 1. The number of hydrogen-bond acceptors (Lipinski definition) is 4. The van der Waals surface area contributed by atoms with Crippen molar-refractivity contribution in [2.45, 2.75) is 26.4 Å². The summed E-state index contributed by atoms with van der Waals surface area (Å²) in [5, 5.41) is 11.5. The number of carbonyl (C=O) groups is 2. The Balaban J connectivity index is 2.96. The van der Waals surface area contributed by atoms with Crippen LogP contribution in [-0.2, 0) is 9.53 Å². The largest absolute Gasteiger partial charge is 0.496 e. The van der Waals surface area contributed by atoms with Crippen molar-refractivity contribution in [2.75, 3.05) is 13.7 Å². The molecule has 1 aromatic carbocycles. The van der Waals surface area contributed by atoms with Crippen LogP contribution in [0.4, 0.5) is 9.18 Å². The monoisotopic (exact) mass is 325 g/mol. The van der Waals surface area contributed by atoms with Gasteiger partial charge >= 0.3 is 12.1 Å². The average Bonchev–Trinajstić information content (AvgIpc) is 2.42. The fourth-order valence-electron chi connectivity index (χ4n) is 1.68. The first-order valence-corrected chi connectivity index (χ1v) is 6.87. The Morgan fingerprint density at radius 1 is 1.35 bits per heavy atom. The number of nitrogens with one attached hydrogen (secondary N) is 1. The smallest absolute Gasteiger partial charge is 0.407 e. The fourth-order valence-corrected chi connectivity index (χ4v) is 1.68. The highest BCUT2D eigenvalue weighted by atomic mass is 19.1. The maximum atomic E-state index is 13.9. The number of rotatable bonds is 5. The predicted molar refractivity (Wildman–Crippen MR) is 82.8 cm³/mol. The Labute approximate surface area is 133 Å². The van der Waals surface area contributed by atoms with E-state index in [1.54, 1.807) is 20.8 Å². The third-order valence-electron chi connectivity index (χ3n) is 2.65. The van der Waals surface area contributed by atoms with Crippen molar-refractivity contribution in [3.05, 3.63) is 35.2 Å². The van der Waals surface area contributed by atoms with Crippen LogP contribution in [-0.4, -0.2) is 36.4 Å². The number of benzene rings is 1. The molecule has 2 N–H and O–H groups in total. The standard InChI is InChI=1S/C16H20FNO5/c1-16(2,3)23-15(21)18-9-10(14(19)20)8-11-12(17)6-5-7-13(11)22-4/h5-8H,9H2,1-4H3,(H,18,21)(H,19,20)/b10-8+. The lowest BCUT2D eigenvalue weighted by molar-refractivity contribution is -0.132. The average molecular weight is 325 g/mol. The quantitative estimate of drug-likeness (QED) is 0.813. The van der Waals surface area contributed by atoms with E-state index >= 15 is 0 Å². The normalized spacial score (nSPS) is 11.8. The zero-order valence-corrected chi connectivity index (χ0v) is 13.5. The van der Waals surface area contributed by atoms with Gasteiger partial charge < -0.3 is 19.9 Å². The maximum absolute atomic E-state index is 13.9. The van der Waals surface area contributed by atoms with Gasteiger partial charge in [0.05, 0.1) is 24.8 Å². The molecule has 0 fully saturated rings. The van der Waals surface area contributed by atoms with Gasteiger partial charge in [0.25, 0.3) is 0 Å². The van der Waals surface area contributed by atoms with E-state index in [0.717, 1.165) is 6.08 Å². The molecule has 1 rings (SSSR count). The van der Waals surface area contributed by atoms with E-state index in [4.69, 9.17) is 9.47 Å². The molecular formula is C16H20FNO5. The van der Waals surface area contributed by atoms with Crippen molar-refractivity contribution >= 4 is 18.1 Å². The van der Waals surface area contributed by atoms with Gasteiger partial charge in [-0.1, -0.05) is 6.07 Å². The van der Waals surface area contributed by atoms with E-state index in [9.17, 15) is 19.1 Å². The summed E-state index contributed by atoms with van der Waals surface area (Å²) in [6.07, 6.45) is 0.360. The zero-order chi connectivity index (χ0) is 17.6. The Morgan fingerprint density at radius 3 is 2.52 bits per heavy atom. The van der Waals surface area contributed by atoms with Gasteiger partial charge in [0.2, 0.25) is 0 Å². The van der Waals surface area contributed by atoms with E-state index < -0.39 is 23.5 Å². The number of carboxylic acid groups (broad SMARTS) is 1. The third-order valence-corrected chi connectivity index (χ3v) is 2.65. The minimum Gasteiger partial charge on any atom is -0.496 e. The Hall–Kier alpha value is -2.57. The third kappa shape index (κ3) is 5.98. The lowest BCUT2D eigenvalue weighted by Crippen LogP contribution is -2.34. The molecule has 0 aliphatic carbocycles. The summed E-state index contributed by atoms with van der Waals surface area (Å²) in [6, 6.07) is 4.15. The second-order valence-corrected chi connectivity index (χ2v) is 5.69. The topological polar surface area (TPSA) is 84.9 Å². The number of methoxy groups -OCH3 is 1. The van der Waals surface area contributed by atoms with Crippen molar-refractivity contribution < 1.29 is 28.6 Å². The van der Waals surface area contributed by atoms with Crippen LogP contribution in [0.2, 0.25) is 0 Å². The van der Waals surface area contributed by atoms with Crippen molar-refractivity contribution in [1.29, 1.82) is 0 Å². The summed E-state index contributed by atoms with van der Waals surface area (Å²) in [4.78, 5) is 22.9. The van der Waals surface area contributed by atoms with Gasteiger partial charge in [-0.15, -0.1) is 0 Å². The highest BCUT2D eigenvalue weighted by Crippen LogP contribution is 2.24. The molecule has 126 valence electrons. The Morgan fingerprint density at radius 2 is 2.00 bits per heavy atom. The molecule has 0 saturated carbocycles. The Kier molecular flexibility index (Phi) is 6.12. The highest BCUT2D eigenvalue weighted by Gasteiger charge is 2.18. The summed E-state index contributed by atoms with van der Waals surface area (Å²) >= 11 is 0. The highest BCUT2D eigenvalue weighted by molar-refractivity contribution is 5.93. The van der Waals surface area contributed by atoms with Crippen molar-refractivity contribution in [1.82, 2.24) is 5.32 Å². The molecule has 0 heterocycles. The van der Waals surface area contributed by atoms with Crippen molar-refractivity contribution in [2.24, 2.45) is 0 Å².